The van der Waals surface area contributed by atoms with E-state index in [1.54, 1.807) is 36.4 Å². The van der Waals surface area contributed by atoms with Crippen molar-refractivity contribution in [1.29, 1.82) is 0 Å². The van der Waals surface area contributed by atoms with Gasteiger partial charge in [0.2, 0.25) is 0 Å². The van der Waals surface area contributed by atoms with E-state index < -0.39 is 31.3 Å². The molecule has 1 aliphatic rings. The molecule has 14 nitrogen and oxygen atoms in total. The summed E-state index contributed by atoms with van der Waals surface area (Å²) in [5.41, 5.74) is -10.4. The van der Waals surface area contributed by atoms with Crippen LogP contribution in [0.25, 0.3) is 0 Å². The van der Waals surface area contributed by atoms with E-state index in [0.717, 1.165) is 0 Å². The monoisotopic (exact) mass is 809 g/mol. The van der Waals surface area contributed by atoms with E-state index in [0.29, 0.717) is 50.6 Å². The van der Waals surface area contributed by atoms with Gasteiger partial charge in [0, 0.05) is 12.4 Å². The SMILES string of the molecule is O=S(=O)([O-])C(F)(F)F.O=S(=O)([O-])C(F)(F)F.[Ca+2].[Co+2].[O-]c1c2cccc1OCCOCCOCCOc1cccc(c1[O-])C=NCCN=C2. The predicted octanol–water partition coefficient (Wildman–Crippen LogP) is 0.896. The Morgan fingerprint density at radius 3 is 1.19 bits per heavy atom. The van der Waals surface area contributed by atoms with Gasteiger partial charge in [0.25, 0.3) is 0 Å². The molecule has 1 aliphatic heterocycles. The number of hydrogen-bond acceptors (Lipinski definition) is 14. The van der Waals surface area contributed by atoms with Gasteiger partial charge in [0.1, 0.15) is 24.7 Å². The van der Waals surface area contributed by atoms with Crippen molar-refractivity contribution >= 4 is 70.4 Å². The van der Waals surface area contributed by atoms with Crippen molar-refractivity contribution in [2.24, 2.45) is 9.98 Å². The minimum Gasteiger partial charge on any atom is -0.870 e. The second kappa shape index (κ2) is 22.7. The minimum atomic E-state index is -6.09. The normalized spacial score (nSPS) is 15.0. The number of hydrogen-bond donors (Lipinski definition) is 0. The second-order valence-electron chi connectivity index (χ2n) is 8.14. The first kappa shape index (κ1) is 48.2. The van der Waals surface area contributed by atoms with E-state index in [1.165, 1.54) is 12.4 Å². The third kappa shape index (κ3) is 18.7. The molecule has 2 aromatic carbocycles. The molecule has 0 saturated heterocycles. The molecule has 1 radical (unpaired) electrons. The zero-order valence-corrected chi connectivity index (χ0v) is 29.1. The van der Waals surface area contributed by atoms with Crippen LogP contribution >= 0.6 is 0 Å². The number of para-hydroxylation sites is 2. The maximum atomic E-state index is 12.4. The molecule has 0 aromatic heterocycles. The fraction of sp³-hybridized carbons (Fsp3) is 0.417. The van der Waals surface area contributed by atoms with E-state index >= 15 is 0 Å². The molecule has 4 bridgehead atoms. The molecule has 0 amide bonds. The molecule has 0 N–H and O–H groups in total. The van der Waals surface area contributed by atoms with Crippen molar-refractivity contribution < 1.29 is 98.2 Å². The number of aliphatic imine (C=N–C) groups is 2. The van der Waals surface area contributed by atoms with Gasteiger partial charge < -0.3 is 38.3 Å². The Hall–Kier alpha value is -1.93. The first-order valence-corrected chi connectivity index (χ1v) is 15.1. The Labute approximate surface area is 310 Å². The Kier molecular flexibility index (Phi) is 22.8. The van der Waals surface area contributed by atoms with E-state index in [1.807, 2.05) is 0 Å². The Morgan fingerprint density at radius 2 is 0.896 bits per heavy atom. The van der Waals surface area contributed by atoms with Gasteiger partial charge in [-0.1, -0.05) is 35.8 Å². The quantitative estimate of drug-likeness (QED) is 0.157. The zero-order chi connectivity index (χ0) is 35.0. The molecule has 267 valence electrons. The molecule has 0 fully saturated rings. The van der Waals surface area contributed by atoms with Crippen LogP contribution in [0.4, 0.5) is 26.3 Å². The van der Waals surface area contributed by atoms with Crippen LogP contribution in [-0.2, 0) is 46.5 Å². The Morgan fingerprint density at radius 1 is 0.604 bits per heavy atom. The summed E-state index contributed by atoms with van der Waals surface area (Å²) in [6.07, 6.45) is 3.02. The average molecular weight is 810 g/mol. The van der Waals surface area contributed by atoms with Gasteiger partial charge in [-0.15, -0.1) is 0 Å². The van der Waals surface area contributed by atoms with Crippen LogP contribution in [-0.4, -0.2) is 140 Å². The first-order chi connectivity index (χ1) is 21.3. The molecule has 0 atom stereocenters. The van der Waals surface area contributed by atoms with E-state index in [9.17, 15) is 36.6 Å². The standard InChI is InChI=1S/C22H26N2O6.2CHF3O3S.Ca.Co/c25-21-17-3-1-5-19(21)29-13-11-27-9-10-28-12-14-30-20-6-2-4-18(22(20)26)16-24-8-7-23-15-17;2*2-1(3,4)8(5,6)7;;/h1-6,15-16,25-26H,7-14H2;2*(H,5,6,7);;/q;;;2*+2/p-4. The largest absolute Gasteiger partial charge is 2.00 e. The molecular formula is C24H24CaCoF6N2O12S2. The summed E-state index contributed by atoms with van der Waals surface area (Å²) in [5, 5.41) is 24.8. The Bertz CT molecular complexity index is 1420. The van der Waals surface area contributed by atoms with Gasteiger partial charge in [0.05, 0.1) is 39.5 Å². The zero-order valence-electron chi connectivity index (χ0n) is 24.2. The third-order valence-corrected chi connectivity index (χ3v) is 5.88. The number of nitrogens with zero attached hydrogens (tertiary/aromatic N) is 2. The third-order valence-electron chi connectivity index (χ3n) is 4.75. The van der Waals surface area contributed by atoms with Crippen molar-refractivity contribution in [2.75, 3.05) is 52.7 Å². The summed E-state index contributed by atoms with van der Waals surface area (Å²) in [7, 11) is -12.2. The number of alkyl halides is 6. The van der Waals surface area contributed by atoms with Gasteiger partial charge in [-0.05, 0) is 23.3 Å². The average Bonchev–Trinajstić information content (AvgIpc) is 2.92. The number of halogens is 6. The summed E-state index contributed by atoms with van der Waals surface area (Å²) in [4.78, 5) is 8.47. The molecule has 48 heavy (non-hydrogen) atoms. The molecule has 0 aliphatic carbocycles. The van der Waals surface area contributed by atoms with Crippen LogP contribution in [0.2, 0.25) is 0 Å². The van der Waals surface area contributed by atoms with Crippen molar-refractivity contribution in [3.05, 3.63) is 47.5 Å². The van der Waals surface area contributed by atoms with Crippen LogP contribution in [0.15, 0.2) is 46.4 Å². The number of ether oxygens (including phenoxy) is 4. The first-order valence-electron chi connectivity index (χ1n) is 12.3. The summed E-state index contributed by atoms with van der Waals surface area (Å²) in [6, 6.07) is 10.1. The molecule has 2 aromatic rings. The van der Waals surface area contributed by atoms with Gasteiger partial charge in [-0.2, -0.15) is 26.3 Å². The molecular weight excluding hydrogens is 785 g/mol. The van der Waals surface area contributed by atoms with Crippen LogP contribution in [0.3, 0.4) is 0 Å². The molecule has 3 rings (SSSR count). The molecule has 0 unspecified atom stereocenters. The van der Waals surface area contributed by atoms with Crippen LogP contribution < -0.4 is 19.7 Å². The minimum absolute atomic E-state index is 0. The summed E-state index contributed by atoms with van der Waals surface area (Å²) < 4.78 is 140. The van der Waals surface area contributed by atoms with Gasteiger partial charge in [0.15, 0.2) is 20.2 Å². The smallest absolute Gasteiger partial charge is 0.870 e. The summed E-state index contributed by atoms with van der Waals surface area (Å²) >= 11 is 0. The summed E-state index contributed by atoms with van der Waals surface area (Å²) in [5.74, 6) is 0.0870. The van der Waals surface area contributed by atoms with Crippen molar-refractivity contribution in [3.8, 4) is 23.0 Å². The van der Waals surface area contributed by atoms with Crippen LogP contribution in [0.1, 0.15) is 11.1 Å². The predicted molar refractivity (Wildman–Crippen MR) is 147 cm³/mol. The van der Waals surface area contributed by atoms with Crippen molar-refractivity contribution in [3.63, 3.8) is 0 Å². The topological polar surface area (TPSA) is 222 Å². The number of benzene rings is 2. The molecule has 1 heterocycles. The molecule has 0 saturated carbocycles. The maximum absolute atomic E-state index is 12.4. The number of fused-ring (bicyclic) bond motifs is 4. The number of rotatable bonds is 0. The van der Waals surface area contributed by atoms with Crippen LogP contribution in [0, 0.1) is 0 Å². The van der Waals surface area contributed by atoms with Crippen LogP contribution in [0.5, 0.6) is 23.0 Å². The van der Waals surface area contributed by atoms with Crippen molar-refractivity contribution in [1.82, 2.24) is 0 Å². The second-order valence-corrected chi connectivity index (χ2v) is 10.9. The fourth-order valence-corrected chi connectivity index (χ4v) is 2.68. The Balaban J connectivity index is 0. The van der Waals surface area contributed by atoms with Gasteiger partial charge in [-0.25, -0.2) is 16.8 Å². The molecule has 0 spiro atoms. The molecule has 24 heteroatoms. The van der Waals surface area contributed by atoms with E-state index in [4.69, 9.17) is 44.9 Å². The maximum Gasteiger partial charge on any atom is 2.00 e. The fourth-order valence-electron chi connectivity index (χ4n) is 2.68. The van der Waals surface area contributed by atoms with E-state index in [-0.39, 0.29) is 90.7 Å². The summed E-state index contributed by atoms with van der Waals surface area (Å²) in [6.45, 7) is 2.74. The van der Waals surface area contributed by atoms with Crippen molar-refractivity contribution in [2.45, 2.75) is 11.0 Å². The van der Waals surface area contributed by atoms with E-state index in [2.05, 4.69) is 9.98 Å². The van der Waals surface area contributed by atoms with Gasteiger partial charge >= 0.3 is 65.5 Å². The van der Waals surface area contributed by atoms with Gasteiger partial charge in [-0.3, -0.25) is 9.98 Å².